The lowest BCUT2D eigenvalue weighted by Crippen LogP contribution is -2.45. The van der Waals surface area contributed by atoms with Crippen LogP contribution in [0.3, 0.4) is 0 Å². The molecule has 0 N–H and O–H groups in total. The van der Waals surface area contributed by atoms with Gasteiger partial charge in [0.25, 0.3) is 5.92 Å². The number of nitrogens with zero attached hydrogens (tertiary/aromatic N) is 3. The fourth-order valence-electron chi connectivity index (χ4n) is 3.43. The van der Waals surface area contributed by atoms with Crippen molar-refractivity contribution in [1.82, 2.24) is 9.80 Å². The zero-order valence-electron chi connectivity index (χ0n) is 13.5. The van der Waals surface area contributed by atoms with Crippen LogP contribution in [-0.2, 0) is 11.3 Å². The first kappa shape index (κ1) is 16.8. The summed E-state index contributed by atoms with van der Waals surface area (Å²) in [6.07, 6.45) is 0.336. The van der Waals surface area contributed by atoms with E-state index in [0.717, 1.165) is 25.1 Å². The van der Waals surface area contributed by atoms with Crippen LogP contribution in [0, 0.1) is 17.2 Å². The largest absolute Gasteiger partial charge is 0.342 e. The number of hydrogen-bond donors (Lipinski definition) is 0. The molecule has 0 aliphatic carbocycles. The quantitative estimate of drug-likeness (QED) is 0.854. The molecule has 2 fully saturated rings. The number of halogens is 2. The molecule has 4 nitrogen and oxygen atoms in total. The molecular formula is C18H21F2N3O. The summed E-state index contributed by atoms with van der Waals surface area (Å²) >= 11 is 0. The van der Waals surface area contributed by atoms with E-state index in [9.17, 15) is 13.6 Å². The van der Waals surface area contributed by atoms with Gasteiger partial charge in [0.05, 0.1) is 17.6 Å². The molecule has 2 aliphatic heterocycles. The van der Waals surface area contributed by atoms with E-state index in [1.165, 1.54) is 0 Å². The maximum atomic E-state index is 13.2. The van der Waals surface area contributed by atoms with Crippen LogP contribution < -0.4 is 0 Å². The van der Waals surface area contributed by atoms with E-state index in [0.29, 0.717) is 12.1 Å². The summed E-state index contributed by atoms with van der Waals surface area (Å²) in [5.74, 6) is -2.68. The van der Waals surface area contributed by atoms with E-state index in [1.54, 1.807) is 17.0 Å². The minimum atomic E-state index is -2.62. The van der Waals surface area contributed by atoms with Crippen molar-refractivity contribution >= 4 is 5.91 Å². The van der Waals surface area contributed by atoms with Crippen LogP contribution >= 0.6 is 0 Å². The monoisotopic (exact) mass is 333 g/mol. The van der Waals surface area contributed by atoms with Gasteiger partial charge in [0, 0.05) is 39.0 Å². The van der Waals surface area contributed by atoms with Gasteiger partial charge in [-0.25, -0.2) is 8.78 Å². The summed E-state index contributed by atoms with van der Waals surface area (Å²) in [5, 5.41) is 8.82. The number of amides is 1. The molecule has 1 amide bonds. The molecule has 2 heterocycles. The Labute approximate surface area is 140 Å². The topological polar surface area (TPSA) is 47.3 Å². The molecule has 2 saturated heterocycles. The standard InChI is InChI=1S/C18H21F2N3O/c19-18(20)6-9-23(10-7-18)17(24)16-5-8-22(13-16)12-15-3-1-14(11-21)2-4-15/h1-4,16H,5-10,12-13H2. The number of alkyl halides is 2. The molecule has 3 rings (SSSR count). The van der Waals surface area contributed by atoms with E-state index in [-0.39, 0.29) is 37.8 Å². The number of carbonyl (C=O) groups excluding carboxylic acids is 1. The highest BCUT2D eigenvalue weighted by molar-refractivity contribution is 5.79. The summed E-state index contributed by atoms with van der Waals surface area (Å²) in [4.78, 5) is 16.3. The van der Waals surface area contributed by atoms with Gasteiger partial charge in [0.15, 0.2) is 0 Å². The zero-order chi connectivity index (χ0) is 17.2. The molecule has 1 unspecified atom stereocenters. The molecular weight excluding hydrogens is 312 g/mol. The van der Waals surface area contributed by atoms with Crippen molar-refractivity contribution in [3.8, 4) is 6.07 Å². The smallest absolute Gasteiger partial charge is 0.251 e. The lowest BCUT2D eigenvalue weighted by molar-refractivity contribution is -0.141. The number of benzene rings is 1. The Bertz CT molecular complexity index is 629. The van der Waals surface area contributed by atoms with E-state index in [1.807, 2.05) is 12.1 Å². The van der Waals surface area contributed by atoms with Gasteiger partial charge in [-0.05, 0) is 30.7 Å². The maximum absolute atomic E-state index is 13.2. The van der Waals surface area contributed by atoms with E-state index >= 15 is 0 Å². The van der Waals surface area contributed by atoms with Gasteiger partial charge >= 0.3 is 0 Å². The SMILES string of the molecule is N#Cc1ccc(CN2CCC(C(=O)N3CCC(F)(F)CC3)C2)cc1. The highest BCUT2D eigenvalue weighted by Gasteiger charge is 2.38. The summed E-state index contributed by atoms with van der Waals surface area (Å²) < 4.78 is 26.4. The molecule has 128 valence electrons. The average Bonchev–Trinajstić information content (AvgIpc) is 3.03. The van der Waals surface area contributed by atoms with Gasteiger partial charge in [0.2, 0.25) is 5.91 Å². The predicted octanol–water partition coefficient (Wildman–Crippen LogP) is 2.64. The normalized spacial score (nSPS) is 23.9. The van der Waals surface area contributed by atoms with Crippen molar-refractivity contribution in [3.05, 3.63) is 35.4 Å². The van der Waals surface area contributed by atoms with Gasteiger partial charge in [0.1, 0.15) is 0 Å². The predicted molar refractivity (Wildman–Crippen MR) is 85.3 cm³/mol. The van der Waals surface area contributed by atoms with Crippen molar-refractivity contribution in [3.63, 3.8) is 0 Å². The third kappa shape index (κ3) is 3.90. The van der Waals surface area contributed by atoms with Crippen LogP contribution in [0.4, 0.5) is 8.78 Å². The lowest BCUT2D eigenvalue weighted by atomic mass is 10.0. The van der Waals surface area contributed by atoms with Crippen LogP contribution in [0.1, 0.15) is 30.4 Å². The first-order chi connectivity index (χ1) is 11.5. The zero-order valence-corrected chi connectivity index (χ0v) is 13.5. The second-order valence-corrected chi connectivity index (χ2v) is 6.71. The Balaban J connectivity index is 1.51. The number of piperidine rings is 1. The summed E-state index contributed by atoms with van der Waals surface area (Å²) in [7, 11) is 0. The van der Waals surface area contributed by atoms with Crippen molar-refractivity contribution < 1.29 is 13.6 Å². The van der Waals surface area contributed by atoms with Gasteiger partial charge < -0.3 is 4.90 Å². The molecule has 24 heavy (non-hydrogen) atoms. The van der Waals surface area contributed by atoms with Crippen LogP contribution in [0.25, 0.3) is 0 Å². The van der Waals surface area contributed by atoms with Crippen LogP contribution in [-0.4, -0.2) is 47.8 Å². The third-order valence-electron chi connectivity index (χ3n) is 4.92. The van der Waals surface area contributed by atoms with Crippen LogP contribution in [0.2, 0.25) is 0 Å². The lowest BCUT2D eigenvalue weighted by Gasteiger charge is -2.33. The fraction of sp³-hybridized carbons (Fsp3) is 0.556. The van der Waals surface area contributed by atoms with E-state index < -0.39 is 5.92 Å². The highest BCUT2D eigenvalue weighted by atomic mass is 19.3. The first-order valence-electron chi connectivity index (χ1n) is 8.35. The van der Waals surface area contributed by atoms with Crippen molar-refractivity contribution in [2.75, 3.05) is 26.2 Å². The molecule has 1 atom stereocenters. The maximum Gasteiger partial charge on any atom is 0.251 e. The summed E-state index contributed by atoms with van der Waals surface area (Å²) in [6, 6.07) is 9.54. The Morgan fingerprint density at radius 2 is 1.88 bits per heavy atom. The third-order valence-corrected chi connectivity index (χ3v) is 4.92. The van der Waals surface area contributed by atoms with E-state index in [4.69, 9.17) is 5.26 Å². The van der Waals surface area contributed by atoms with Crippen LogP contribution in [0.5, 0.6) is 0 Å². The number of carbonyl (C=O) groups is 1. The van der Waals surface area contributed by atoms with Gasteiger partial charge in [-0.1, -0.05) is 12.1 Å². The first-order valence-corrected chi connectivity index (χ1v) is 8.35. The molecule has 0 spiro atoms. The minimum Gasteiger partial charge on any atom is -0.342 e. The average molecular weight is 333 g/mol. The van der Waals surface area contributed by atoms with E-state index in [2.05, 4.69) is 11.0 Å². The second-order valence-electron chi connectivity index (χ2n) is 6.71. The Morgan fingerprint density at radius 3 is 2.50 bits per heavy atom. The molecule has 6 heteroatoms. The second kappa shape index (κ2) is 6.86. The number of nitriles is 1. The van der Waals surface area contributed by atoms with Gasteiger partial charge in [-0.3, -0.25) is 9.69 Å². The molecule has 0 saturated carbocycles. The molecule has 0 bridgehead atoms. The van der Waals surface area contributed by atoms with Crippen LogP contribution in [0.15, 0.2) is 24.3 Å². The molecule has 0 aromatic heterocycles. The Hall–Kier alpha value is -2.00. The summed E-state index contributed by atoms with van der Waals surface area (Å²) in [6.45, 7) is 2.58. The van der Waals surface area contributed by atoms with Gasteiger partial charge in [-0.15, -0.1) is 0 Å². The van der Waals surface area contributed by atoms with Crippen molar-refractivity contribution in [1.29, 1.82) is 5.26 Å². The minimum absolute atomic E-state index is 0.0211. The fourth-order valence-corrected chi connectivity index (χ4v) is 3.43. The Morgan fingerprint density at radius 1 is 1.21 bits per heavy atom. The molecule has 2 aliphatic rings. The van der Waals surface area contributed by atoms with Gasteiger partial charge in [-0.2, -0.15) is 5.26 Å². The number of likely N-dealkylation sites (tertiary alicyclic amines) is 2. The molecule has 1 aromatic rings. The number of hydrogen-bond acceptors (Lipinski definition) is 3. The Kier molecular flexibility index (Phi) is 4.81. The molecule has 1 aromatic carbocycles. The highest BCUT2D eigenvalue weighted by Crippen LogP contribution is 2.29. The summed E-state index contributed by atoms with van der Waals surface area (Å²) in [5.41, 5.74) is 1.75. The van der Waals surface area contributed by atoms with Crippen molar-refractivity contribution in [2.24, 2.45) is 5.92 Å². The van der Waals surface area contributed by atoms with Crippen molar-refractivity contribution in [2.45, 2.75) is 31.7 Å². The number of rotatable bonds is 3. The molecule has 0 radical (unpaired) electrons.